The summed E-state index contributed by atoms with van der Waals surface area (Å²) in [6, 6.07) is 0. The highest BCUT2D eigenvalue weighted by atomic mass is 33.1. The third-order valence-corrected chi connectivity index (χ3v) is 3.33. The van der Waals surface area contributed by atoms with Crippen LogP contribution in [0, 0.1) is 0 Å². The fraction of sp³-hybridized carbons (Fsp3) is 0.500. The lowest BCUT2D eigenvalue weighted by atomic mass is 10.3. The van der Waals surface area contributed by atoms with Gasteiger partial charge in [0, 0.05) is 5.25 Å². The molecule has 0 nitrogen and oxygen atoms in total. The van der Waals surface area contributed by atoms with E-state index in [1.807, 2.05) is 33.7 Å². The van der Waals surface area contributed by atoms with Gasteiger partial charge in [-0.2, -0.15) is 0 Å². The predicted molar refractivity (Wildman–Crippen MR) is 54.5 cm³/mol. The molecule has 0 heterocycles. The lowest BCUT2D eigenvalue weighted by Crippen LogP contribution is -1.91. The van der Waals surface area contributed by atoms with Crippen molar-refractivity contribution >= 4 is 21.6 Å². The predicted octanol–water partition coefficient (Wildman–Crippen LogP) is 3.52. The van der Waals surface area contributed by atoms with Gasteiger partial charge in [-0.1, -0.05) is 53.3 Å². The van der Waals surface area contributed by atoms with E-state index in [4.69, 9.17) is 0 Å². The lowest BCUT2D eigenvalue weighted by molar-refractivity contribution is 0.983. The quantitative estimate of drug-likeness (QED) is 0.462. The molecule has 0 aromatic heterocycles. The third kappa shape index (κ3) is 5.00. The molecule has 0 aromatic carbocycles. The zero-order chi connectivity index (χ0) is 7.82. The Hall–Kier alpha value is 0.180. The van der Waals surface area contributed by atoms with Gasteiger partial charge in [-0.05, 0) is 12.7 Å². The third-order valence-electron chi connectivity index (χ3n) is 1.08. The molecule has 0 amide bonds. The van der Waals surface area contributed by atoms with Crippen molar-refractivity contribution in [1.29, 1.82) is 0 Å². The highest BCUT2D eigenvalue weighted by Crippen LogP contribution is 2.26. The minimum Gasteiger partial charge on any atom is -0.0991 e. The van der Waals surface area contributed by atoms with E-state index in [0.29, 0.717) is 5.25 Å². The largest absolute Gasteiger partial charge is 0.0991 e. The van der Waals surface area contributed by atoms with Gasteiger partial charge in [0.25, 0.3) is 0 Å². The SMILES string of the molecule is C=CC=CC(CC)SSC. The summed E-state index contributed by atoms with van der Waals surface area (Å²) in [6.45, 7) is 5.82. The first-order valence-electron chi connectivity index (χ1n) is 3.33. The topological polar surface area (TPSA) is 0 Å². The molecular weight excluding hydrogens is 160 g/mol. The zero-order valence-corrected chi connectivity index (χ0v) is 8.17. The van der Waals surface area contributed by atoms with Crippen molar-refractivity contribution in [2.24, 2.45) is 0 Å². The normalized spacial score (nSPS) is 13.8. The Balaban J connectivity index is 3.58. The van der Waals surface area contributed by atoms with E-state index >= 15 is 0 Å². The van der Waals surface area contributed by atoms with Gasteiger partial charge >= 0.3 is 0 Å². The second-order valence-corrected chi connectivity index (χ2v) is 4.54. The molecule has 0 bridgehead atoms. The van der Waals surface area contributed by atoms with Crippen molar-refractivity contribution in [1.82, 2.24) is 0 Å². The van der Waals surface area contributed by atoms with Crippen LogP contribution in [0.2, 0.25) is 0 Å². The number of rotatable bonds is 5. The van der Waals surface area contributed by atoms with Crippen LogP contribution in [0.15, 0.2) is 24.8 Å². The summed E-state index contributed by atoms with van der Waals surface area (Å²) in [5, 5.41) is 0.646. The molecule has 0 saturated carbocycles. The Bertz CT molecular complexity index is 108. The van der Waals surface area contributed by atoms with Crippen LogP contribution in [0.5, 0.6) is 0 Å². The van der Waals surface area contributed by atoms with Crippen LogP contribution in [0.3, 0.4) is 0 Å². The van der Waals surface area contributed by atoms with Crippen LogP contribution in [0.25, 0.3) is 0 Å². The van der Waals surface area contributed by atoms with Crippen molar-refractivity contribution < 1.29 is 0 Å². The first-order valence-corrected chi connectivity index (χ1v) is 5.96. The molecule has 0 N–H and O–H groups in total. The number of allylic oxidation sites excluding steroid dienone is 2. The molecule has 1 unspecified atom stereocenters. The van der Waals surface area contributed by atoms with Gasteiger partial charge in [-0.15, -0.1) is 0 Å². The smallest absolute Gasteiger partial charge is 0.0331 e. The van der Waals surface area contributed by atoms with Crippen LogP contribution in [-0.4, -0.2) is 11.5 Å². The first-order chi connectivity index (χ1) is 4.85. The molecule has 0 aliphatic carbocycles. The maximum atomic E-state index is 3.62. The number of hydrogen-bond donors (Lipinski definition) is 0. The van der Waals surface area contributed by atoms with Gasteiger partial charge in [0.2, 0.25) is 0 Å². The van der Waals surface area contributed by atoms with Crippen molar-refractivity contribution in [3.63, 3.8) is 0 Å². The minimum atomic E-state index is 0.646. The van der Waals surface area contributed by atoms with Crippen LogP contribution < -0.4 is 0 Å². The van der Waals surface area contributed by atoms with E-state index in [0.717, 1.165) is 0 Å². The van der Waals surface area contributed by atoms with Gasteiger partial charge in [0.15, 0.2) is 0 Å². The highest BCUT2D eigenvalue weighted by molar-refractivity contribution is 8.76. The summed E-state index contributed by atoms with van der Waals surface area (Å²) in [4.78, 5) is 0. The van der Waals surface area contributed by atoms with Crippen molar-refractivity contribution in [3.8, 4) is 0 Å². The van der Waals surface area contributed by atoms with Crippen LogP contribution in [-0.2, 0) is 0 Å². The molecular formula is C8H14S2. The van der Waals surface area contributed by atoms with E-state index < -0.39 is 0 Å². The molecule has 10 heavy (non-hydrogen) atoms. The van der Waals surface area contributed by atoms with Gasteiger partial charge in [0.05, 0.1) is 0 Å². The molecule has 0 radical (unpaired) electrons. The molecule has 1 atom stereocenters. The molecule has 0 spiro atoms. The van der Waals surface area contributed by atoms with Gasteiger partial charge in [-0.3, -0.25) is 0 Å². The summed E-state index contributed by atoms with van der Waals surface area (Å²) in [6.07, 6.45) is 9.32. The average molecular weight is 174 g/mol. The molecule has 0 aliphatic heterocycles. The molecule has 0 aliphatic rings. The standard InChI is InChI=1S/C8H14S2/c1-4-6-7-8(5-2)10-9-3/h4,6-8H,1,5H2,2-3H3. The molecule has 2 heteroatoms. The van der Waals surface area contributed by atoms with Crippen molar-refractivity contribution in [2.75, 3.05) is 6.26 Å². The first kappa shape index (κ1) is 10.2. The summed E-state index contributed by atoms with van der Waals surface area (Å²) >= 11 is 0. The van der Waals surface area contributed by atoms with Crippen LogP contribution >= 0.6 is 21.6 Å². The Morgan fingerprint density at radius 1 is 1.60 bits per heavy atom. The van der Waals surface area contributed by atoms with Gasteiger partial charge in [0.1, 0.15) is 0 Å². The van der Waals surface area contributed by atoms with Crippen molar-refractivity contribution in [2.45, 2.75) is 18.6 Å². The Morgan fingerprint density at radius 2 is 2.30 bits per heavy atom. The van der Waals surface area contributed by atoms with E-state index in [1.54, 1.807) is 0 Å². The summed E-state index contributed by atoms with van der Waals surface area (Å²) in [5.41, 5.74) is 0. The maximum absolute atomic E-state index is 3.62. The van der Waals surface area contributed by atoms with E-state index in [9.17, 15) is 0 Å². The lowest BCUT2D eigenvalue weighted by Gasteiger charge is -2.04. The van der Waals surface area contributed by atoms with E-state index in [1.165, 1.54) is 6.42 Å². The molecule has 0 fully saturated rings. The Labute approximate surface area is 71.6 Å². The number of hydrogen-bond acceptors (Lipinski definition) is 2. The molecule has 0 saturated heterocycles. The minimum absolute atomic E-state index is 0.646. The molecule has 58 valence electrons. The van der Waals surface area contributed by atoms with Gasteiger partial charge < -0.3 is 0 Å². The Kier molecular flexibility index (Phi) is 7.42. The molecule has 0 rings (SSSR count). The van der Waals surface area contributed by atoms with Crippen LogP contribution in [0.4, 0.5) is 0 Å². The van der Waals surface area contributed by atoms with Crippen LogP contribution in [0.1, 0.15) is 13.3 Å². The summed E-state index contributed by atoms with van der Waals surface area (Å²) in [7, 11) is 3.71. The van der Waals surface area contributed by atoms with Gasteiger partial charge in [-0.25, -0.2) is 0 Å². The summed E-state index contributed by atoms with van der Waals surface area (Å²) in [5.74, 6) is 0. The monoisotopic (exact) mass is 174 g/mol. The fourth-order valence-electron chi connectivity index (χ4n) is 0.562. The average Bonchev–Trinajstić information content (AvgIpc) is 1.98. The second-order valence-electron chi connectivity index (χ2n) is 1.83. The zero-order valence-electron chi connectivity index (χ0n) is 6.54. The summed E-state index contributed by atoms with van der Waals surface area (Å²) < 4.78 is 0. The van der Waals surface area contributed by atoms with E-state index in [-0.39, 0.29) is 0 Å². The fourth-order valence-corrected chi connectivity index (χ4v) is 2.44. The second kappa shape index (κ2) is 7.29. The maximum Gasteiger partial charge on any atom is 0.0331 e. The molecule has 0 aromatic rings. The van der Waals surface area contributed by atoms with Crippen molar-refractivity contribution in [3.05, 3.63) is 24.8 Å². The highest BCUT2D eigenvalue weighted by Gasteiger charge is 1.98. The van der Waals surface area contributed by atoms with E-state index in [2.05, 4.69) is 25.8 Å². The Morgan fingerprint density at radius 3 is 2.70 bits per heavy atom.